The minimum atomic E-state index is 0.320. The molecule has 0 bridgehead atoms. The molecule has 4 heteroatoms. The van der Waals surface area contributed by atoms with Crippen molar-refractivity contribution in [1.29, 1.82) is 0 Å². The molecule has 0 unspecified atom stereocenters. The molecule has 4 nitrogen and oxygen atoms in total. The van der Waals surface area contributed by atoms with Gasteiger partial charge in [0, 0.05) is 5.56 Å². The Morgan fingerprint density at radius 3 is 2.38 bits per heavy atom. The van der Waals surface area contributed by atoms with Gasteiger partial charge in [-0.05, 0) is 55.0 Å². The summed E-state index contributed by atoms with van der Waals surface area (Å²) < 4.78 is 16.7. The second kappa shape index (κ2) is 7.51. The van der Waals surface area contributed by atoms with E-state index < -0.39 is 0 Å². The molecule has 0 amide bonds. The Hall–Kier alpha value is -3.01. The largest absolute Gasteiger partial charge is 0.494 e. The van der Waals surface area contributed by atoms with Crippen LogP contribution in [0.4, 0.5) is 0 Å². The number of carbonyl (C=O) groups is 1. The van der Waals surface area contributed by atoms with Gasteiger partial charge in [-0.2, -0.15) is 0 Å². The van der Waals surface area contributed by atoms with Crippen LogP contribution < -0.4 is 9.47 Å². The Bertz CT molecular complexity index is 803. The van der Waals surface area contributed by atoms with Gasteiger partial charge in [0.15, 0.2) is 12.0 Å². The lowest BCUT2D eigenvalue weighted by molar-refractivity contribution is 0.110. The van der Waals surface area contributed by atoms with E-state index in [1.165, 1.54) is 0 Å². The van der Waals surface area contributed by atoms with E-state index in [0.717, 1.165) is 22.6 Å². The molecule has 0 saturated heterocycles. The minimum Gasteiger partial charge on any atom is -0.494 e. The van der Waals surface area contributed by atoms with E-state index in [2.05, 4.69) is 0 Å². The van der Waals surface area contributed by atoms with E-state index in [4.69, 9.17) is 13.9 Å². The average Bonchev–Trinajstić information content (AvgIpc) is 3.11. The Labute approximate surface area is 140 Å². The van der Waals surface area contributed by atoms with Crippen LogP contribution in [0.15, 0.2) is 65.1 Å². The van der Waals surface area contributed by atoms with E-state index in [-0.39, 0.29) is 0 Å². The summed E-state index contributed by atoms with van der Waals surface area (Å²) in [4.78, 5) is 10.7. The van der Waals surface area contributed by atoms with Crippen LogP contribution in [0.1, 0.15) is 23.0 Å². The van der Waals surface area contributed by atoms with Crippen LogP contribution in [-0.4, -0.2) is 12.9 Å². The Kier molecular flexibility index (Phi) is 4.96. The van der Waals surface area contributed by atoms with Gasteiger partial charge in [0.05, 0.1) is 6.61 Å². The lowest BCUT2D eigenvalue weighted by Gasteiger charge is -2.08. The maximum atomic E-state index is 10.7. The molecule has 0 aliphatic rings. The van der Waals surface area contributed by atoms with Crippen LogP contribution in [0.3, 0.4) is 0 Å². The van der Waals surface area contributed by atoms with Crippen molar-refractivity contribution < 1.29 is 18.7 Å². The van der Waals surface area contributed by atoms with Crippen molar-refractivity contribution in [2.24, 2.45) is 0 Å². The maximum Gasteiger partial charge on any atom is 0.185 e. The predicted octanol–water partition coefficient (Wildman–Crippen LogP) is 4.74. The topological polar surface area (TPSA) is 48.7 Å². The molecule has 0 radical (unpaired) electrons. The first-order valence-electron chi connectivity index (χ1n) is 7.78. The zero-order valence-corrected chi connectivity index (χ0v) is 13.4. The number of carbonyl (C=O) groups excluding carboxylic acids is 1. The SMILES string of the molecule is CCOc1ccc(OCc2cccc(-c3ccc(C=O)o3)c2)cc1. The third kappa shape index (κ3) is 3.84. The average molecular weight is 322 g/mol. The van der Waals surface area contributed by atoms with Crippen molar-refractivity contribution in [1.82, 2.24) is 0 Å². The summed E-state index contributed by atoms with van der Waals surface area (Å²) in [6, 6.07) is 18.8. The first kappa shape index (κ1) is 15.9. The van der Waals surface area contributed by atoms with Crippen molar-refractivity contribution in [2.75, 3.05) is 6.61 Å². The molecule has 3 rings (SSSR count). The Morgan fingerprint density at radius 1 is 0.958 bits per heavy atom. The fourth-order valence-electron chi connectivity index (χ4n) is 2.35. The van der Waals surface area contributed by atoms with Crippen LogP contribution in [0.25, 0.3) is 11.3 Å². The molecular formula is C20H18O4. The number of rotatable bonds is 7. The molecule has 0 saturated carbocycles. The van der Waals surface area contributed by atoms with Crippen molar-refractivity contribution in [3.05, 3.63) is 72.0 Å². The normalized spacial score (nSPS) is 10.4. The number of hydrogen-bond donors (Lipinski definition) is 0. The summed E-state index contributed by atoms with van der Waals surface area (Å²) in [7, 11) is 0. The molecular weight excluding hydrogens is 304 g/mol. The van der Waals surface area contributed by atoms with E-state index in [0.29, 0.717) is 31.0 Å². The van der Waals surface area contributed by atoms with Crippen LogP contribution in [0.2, 0.25) is 0 Å². The minimum absolute atomic E-state index is 0.320. The number of ether oxygens (including phenoxy) is 2. The fraction of sp³-hybridized carbons (Fsp3) is 0.150. The van der Waals surface area contributed by atoms with Gasteiger partial charge in [-0.15, -0.1) is 0 Å². The van der Waals surface area contributed by atoms with Gasteiger partial charge in [0.1, 0.15) is 23.9 Å². The van der Waals surface area contributed by atoms with Crippen molar-refractivity contribution in [3.8, 4) is 22.8 Å². The van der Waals surface area contributed by atoms with Gasteiger partial charge in [0.2, 0.25) is 0 Å². The zero-order valence-electron chi connectivity index (χ0n) is 13.4. The summed E-state index contributed by atoms with van der Waals surface area (Å²) in [5.41, 5.74) is 1.93. The van der Waals surface area contributed by atoms with Crippen LogP contribution >= 0.6 is 0 Å². The summed E-state index contributed by atoms with van der Waals surface area (Å²) in [6.07, 6.45) is 0.697. The highest BCUT2D eigenvalue weighted by atomic mass is 16.5. The quantitative estimate of drug-likeness (QED) is 0.590. The predicted molar refractivity (Wildman–Crippen MR) is 91.5 cm³/mol. The third-order valence-electron chi connectivity index (χ3n) is 3.49. The number of aldehydes is 1. The molecule has 1 heterocycles. The molecule has 0 aliphatic carbocycles. The zero-order chi connectivity index (χ0) is 16.8. The summed E-state index contributed by atoms with van der Waals surface area (Å²) in [5, 5.41) is 0. The highest BCUT2D eigenvalue weighted by Crippen LogP contribution is 2.24. The summed E-state index contributed by atoms with van der Waals surface area (Å²) in [6.45, 7) is 3.04. The Morgan fingerprint density at radius 2 is 1.71 bits per heavy atom. The van der Waals surface area contributed by atoms with E-state index in [9.17, 15) is 4.79 Å². The van der Waals surface area contributed by atoms with E-state index in [1.807, 2.05) is 55.5 Å². The van der Waals surface area contributed by atoms with Gasteiger partial charge in [-0.25, -0.2) is 0 Å². The molecule has 3 aromatic rings. The molecule has 1 aromatic heterocycles. The molecule has 0 fully saturated rings. The van der Waals surface area contributed by atoms with Crippen LogP contribution in [-0.2, 0) is 6.61 Å². The standard InChI is InChI=1S/C20H18O4/c1-2-22-17-6-8-18(9-7-17)23-14-15-4-3-5-16(12-15)20-11-10-19(13-21)24-20/h3-13H,2,14H2,1H3. The van der Waals surface area contributed by atoms with Crippen molar-refractivity contribution in [2.45, 2.75) is 13.5 Å². The van der Waals surface area contributed by atoms with E-state index >= 15 is 0 Å². The molecule has 0 N–H and O–H groups in total. The second-order valence-electron chi connectivity index (χ2n) is 5.21. The van der Waals surface area contributed by atoms with Gasteiger partial charge >= 0.3 is 0 Å². The maximum absolute atomic E-state index is 10.7. The van der Waals surface area contributed by atoms with Crippen molar-refractivity contribution >= 4 is 6.29 Å². The summed E-state index contributed by atoms with van der Waals surface area (Å²) >= 11 is 0. The highest BCUT2D eigenvalue weighted by Gasteiger charge is 2.05. The van der Waals surface area contributed by atoms with Crippen LogP contribution in [0.5, 0.6) is 11.5 Å². The Balaban J connectivity index is 1.67. The second-order valence-corrected chi connectivity index (χ2v) is 5.21. The molecule has 0 spiro atoms. The highest BCUT2D eigenvalue weighted by molar-refractivity contribution is 5.72. The summed E-state index contributed by atoms with van der Waals surface area (Å²) in [5.74, 6) is 2.60. The van der Waals surface area contributed by atoms with Gasteiger partial charge in [-0.1, -0.05) is 18.2 Å². The first-order chi connectivity index (χ1) is 11.8. The molecule has 0 atom stereocenters. The third-order valence-corrected chi connectivity index (χ3v) is 3.49. The molecule has 2 aromatic carbocycles. The fourth-order valence-corrected chi connectivity index (χ4v) is 2.35. The molecule has 0 aliphatic heterocycles. The van der Waals surface area contributed by atoms with Gasteiger partial charge < -0.3 is 13.9 Å². The number of benzene rings is 2. The smallest absolute Gasteiger partial charge is 0.185 e. The van der Waals surface area contributed by atoms with Crippen LogP contribution in [0, 0.1) is 0 Å². The number of hydrogen-bond acceptors (Lipinski definition) is 4. The lowest BCUT2D eigenvalue weighted by atomic mass is 10.1. The van der Waals surface area contributed by atoms with Crippen molar-refractivity contribution in [3.63, 3.8) is 0 Å². The monoisotopic (exact) mass is 322 g/mol. The van der Waals surface area contributed by atoms with E-state index in [1.54, 1.807) is 12.1 Å². The molecule has 24 heavy (non-hydrogen) atoms. The first-order valence-corrected chi connectivity index (χ1v) is 7.78. The number of furan rings is 1. The molecule has 122 valence electrons. The van der Waals surface area contributed by atoms with Gasteiger partial charge in [-0.3, -0.25) is 4.79 Å². The van der Waals surface area contributed by atoms with Gasteiger partial charge in [0.25, 0.3) is 0 Å². The lowest BCUT2D eigenvalue weighted by Crippen LogP contribution is -1.96.